The predicted octanol–water partition coefficient (Wildman–Crippen LogP) is 5.41. The molecule has 12 N–H and O–H groups in total. The van der Waals surface area contributed by atoms with Crippen LogP contribution < -0.4 is 58.5 Å². The molecule has 4 aliphatic rings. The molecule has 10 rings (SSSR count). The number of hydrogen-bond acceptors (Lipinski definition) is 20. The fourth-order valence-electron chi connectivity index (χ4n) is 14.7. The van der Waals surface area contributed by atoms with Gasteiger partial charge in [-0.1, -0.05) is 45.9 Å². The van der Waals surface area contributed by atoms with E-state index in [1.807, 2.05) is 44.9 Å². The standard InChI is InChI=1S/C78H100FN17O16S/c1-11-27-81-75(106)85-49-17-14-19-51(36-49)113(109,110)90-50-18-13-16-46(35-50)57(40-65(99)100)88-77(108)84-48-23-21-47(22-24-48)83-76(107)82-28-30-92(8)31-32-93(9)33-34-94(10)42-64(98)86-59(39-63(80)97)72(103)95-29-15-20-61(95)70(101)89-68(44(3)4)73(104)112-78(12-2)55-37-62-69-53(41-96(62)71(102)54(55)43-111-74(78)105)67-60(91(6)7)26-25-52-45(5)56(79)38-58(87-69)66(52)67/h13-14,16-19,21-24,35-38,44,57,59-61,68,90H,11-12,15,20,25-34,39-43H2,1-10H3,(H2,80,97)(H,86,98)(H,89,101)(H,99,100)(H2,81,85,106)(H2,82,83,107)(H2,84,88,108). The second kappa shape index (κ2) is 36.6. The number of aliphatic carboxylic acids is 1. The maximum Gasteiger partial charge on any atom is 0.355 e. The van der Waals surface area contributed by atoms with Gasteiger partial charge in [0.05, 0.1) is 59.3 Å². The van der Waals surface area contributed by atoms with Crippen molar-refractivity contribution in [2.45, 2.75) is 140 Å². The molecule has 6 unspecified atom stereocenters. The molecule has 4 aromatic carbocycles. The summed E-state index contributed by atoms with van der Waals surface area (Å²) < 4.78 is 58.3. The van der Waals surface area contributed by atoms with Gasteiger partial charge in [0.25, 0.3) is 15.6 Å². The number of pyridine rings is 2. The number of aromatic nitrogens is 2. The van der Waals surface area contributed by atoms with Gasteiger partial charge < -0.3 is 87.0 Å². The minimum Gasteiger partial charge on any atom is -0.481 e. The number of nitrogens with two attached hydrogens (primary N) is 1. The predicted molar refractivity (Wildman–Crippen MR) is 419 cm³/mol. The number of anilines is 4. The Bertz CT molecular complexity index is 4830. The quantitative estimate of drug-likeness (QED) is 0.0225. The van der Waals surface area contributed by atoms with Crippen molar-refractivity contribution in [1.82, 2.24) is 60.6 Å². The van der Waals surface area contributed by atoms with Gasteiger partial charge >= 0.3 is 36.0 Å². The molecule has 0 radical (unpaired) electrons. The highest BCUT2D eigenvalue weighted by Gasteiger charge is 2.52. The molecule has 35 heteroatoms. The molecule has 1 fully saturated rings. The van der Waals surface area contributed by atoms with Crippen LogP contribution in [0.1, 0.15) is 124 Å². The van der Waals surface area contributed by atoms with Gasteiger partial charge in [-0.25, -0.2) is 41.8 Å². The Morgan fingerprint density at radius 2 is 1.40 bits per heavy atom. The Balaban J connectivity index is 0.656. The van der Waals surface area contributed by atoms with E-state index in [9.17, 15) is 66.3 Å². The lowest BCUT2D eigenvalue weighted by Gasteiger charge is -2.37. The average molecular weight is 1580 g/mol. The number of amides is 10. The number of nitrogens with one attached hydrogen (secondary N) is 9. The number of likely N-dealkylation sites (N-methyl/N-ethyl adjacent to an activating group) is 3. The third-order valence-corrected chi connectivity index (χ3v) is 22.2. The number of primary amides is 1. The van der Waals surface area contributed by atoms with Crippen LogP contribution in [0.25, 0.3) is 22.3 Å². The number of cyclic esters (lactones) is 1. The first kappa shape index (κ1) is 84.3. The van der Waals surface area contributed by atoms with Gasteiger partial charge in [0.1, 0.15) is 30.5 Å². The molecule has 606 valence electrons. The SMILES string of the molecule is CCCNC(=O)Nc1cccc(S(=O)(=O)Nc2cccc(C(CC(=O)O)NC(=O)Nc3ccc(NC(=O)NCCN(C)CCN(C)CCN(C)CC(=O)NC(CC(N)=O)C(=O)N4CCCC4C(=O)NC(C(=O)OC4(CC)C(=O)OCc5c4cc4n(c5=O)Cc5c-4nc4cc(F)c(C)c6c4c5C(N(C)C)CC6)C(C)C)cc3)c2)c1. The number of carboxylic acid groups (broad SMARTS) is 1. The summed E-state index contributed by atoms with van der Waals surface area (Å²) in [6.07, 6.45) is 1.28. The number of carbonyl (C=O) groups is 10. The summed E-state index contributed by atoms with van der Waals surface area (Å²) in [5, 5.41) is 32.1. The summed E-state index contributed by atoms with van der Waals surface area (Å²) in [5.74, 6) is -7.17. The number of carbonyl (C=O) groups excluding carboxylic acids is 9. The summed E-state index contributed by atoms with van der Waals surface area (Å²) in [4.78, 5) is 163. The van der Waals surface area contributed by atoms with Crippen LogP contribution in [-0.4, -0.2) is 219 Å². The number of urea groups is 3. The number of hydrogen-bond donors (Lipinski definition) is 11. The Kier molecular flexibility index (Phi) is 27.3. The van der Waals surface area contributed by atoms with Gasteiger partial charge in [-0.2, -0.15) is 0 Å². The van der Waals surface area contributed by atoms with E-state index in [2.05, 4.69) is 52.2 Å². The molecule has 5 heterocycles. The van der Waals surface area contributed by atoms with Crippen LogP contribution in [0.3, 0.4) is 0 Å². The van der Waals surface area contributed by atoms with Gasteiger partial charge in [-0.15, -0.1) is 0 Å². The number of halogens is 1. The molecule has 3 aliphatic heterocycles. The highest BCUT2D eigenvalue weighted by Crippen LogP contribution is 2.48. The lowest BCUT2D eigenvalue weighted by Crippen LogP contribution is -2.58. The van der Waals surface area contributed by atoms with E-state index >= 15 is 4.39 Å². The van der Waals surface area contributed by atoms with Gasteiger partial charge in [-0.05, 0) is 170 Å². The van der Waals surface area contributed by atoms with Crippen molar-refractivity contribution < 1.29 is 75.3 Å². The van der Waals surface area contributed by atoms with Crippen molar-refractivity contribution in [2.24, 2.45) is 11.7 Å². The number of likely N-dealkylation sites (tertiary alicyclic amines) is 1. The fourth-order valence-corrected chi connectivity index (χ4v) is 15.8. The molecule has 2 aromatic heterocycles. The smallest absolute Gasteiger partial charge is 0.355 e. The number of carboxylic acids is 1. The number of benzene rings is 4. The molecule has 0 spiro atoms. The first-order chi connectivity index (χ1) is 53.7. The zero-order valence-corrected chi connectivity index (χ0v) is 65.9. The zero-order valence-electron chi connectivity index (χ0n) is 65.0. The van der Waals surface area contributed by atoms with E-state index in [1.54, 1.807) is 62.4 Å². The van der Waals surface area contributed by atoms with Gasteiger partial charge in [0, 0.05) is 104 Å². The fraction of sp³-hybridized carbons (Fsp3) is 0.462. The number of fused-ring (bicyclic) bond motifs is 5. The second-order valence-corrected chi connectivity index (χ2v) is 31.3. The van der Waals surface area contributed by atoms with Crippen molar-refractivity contribution in [3.05, 3.63) is 140 Å². The minimum absolute atomic E-state index is 0.0708. The maximum absolute atomic E-state index is 15.6. The largest absolute Gasteiger partial charge is 0.481 e. The molecule has 10 amide bonds. The summed E-state index contributed by atoms with van der Waals surface area (Å²) >= 11 is 0. The van der Waals surface area contributed by atoms with Gasteiger partial charge in [0.15, 0.2) is 0 Å². The first-order valence-electron chi connectivity index (χ1n) is 37.6. The van der Waals surface area contributed by atoms with Crippen molar-refractivity contribution in [2.75, 3.05) is 115 Å². The first-order valence-corrected chi connectivity index (χ1v) is 39.1. The van der Waals surface area contributed by atoms with Gasteiger partial charge in [0.2, 0.25) is 29.2 Å². The average Bonchev–Trinajstić information content (AvgIpc) is 1.61. The van der Waals surface area contributed by atoms with Crippen molar-refractivity contribution in [3.63, 3.8) is 0 Å². The molecule has 33 nitrogen and oxygen atoms in total. The lowest BCUT2D eigenvalue weighted by molar-refractivity contribution is -0.191. The van der Waals surface area contributed by atoms with E-state index in [4.69, 9.17) is 20.2 Å². The normalized spacial score (nSPS) is 17.0. The molecule has 0 saturated carbocycles. The van der Waals surface area contributed by atoms with Crippen LogP contribution in [0.5, 0.6) is 0 Å². The molecular formula is C78H100FN17O16S. The van der Waals surface area contributed by atoms with Crippen LogP contribution in [0.2, 0.25) is 0 Å². The molecule has 6 atom stereocenters. The topological polar surface area (TPSA) is 429 Å². The monoisotopic (exact) mass is 1580 g/mol. The van der Waals surface area contributed by atoms with Crippen molar-refractivity contribution in [3.8, 4) is 11.4 Å². The second-order valence-electron chi connectivity index (χ2n) is 29.6. The van der Waals surface area contributed by atoms with E-state index < -0.39 is 136 Å². The van der Waals surface area contributed by atoms with Crippen LogP contribution >= 0.6 is 0 Å². The van der Waals surface area contributed by atoms with Gasteiger partial charge in [-0.3, -0.25) is 38.4 Å². The van der Waals surface area contributed by atoms with Crippen molar-refractivity contribution >= 4 is 103 Å². The number of nitrogens with zero attached hydrogens (tertiary/aromatic N) is 7. The number of sulfonamides is 1. The summed E-state index contributed by atoms with van der Waals surface area (Å²) in [6.45, 7) is 11.6. The van der Waals surface area contributed by atoms with E-state index in [-0.39, 0.29) is 78.0 Å². The summed E-state index contributed by atoms with van der Waals surface area (Å²) in [5.41, 5.74) is 8.94. The van der Waals surface area contributed by atoms with E-state index in [1.165, 1.54) is 71.6 Å². The molecular weight excluding hydrogens is 1480 g/mol. The molecule has 6 aromatic rings. The third kappa shape index (κ3) is 20.0. The summed E-state index contributed by atoms with van der Waals surface area (Å²) in [6, 6.07) is 13.8. The highest BCUT2D eigenvalue weighted by molar-refractivity contribution is 7.92. The van der Waals surface area contributed by atoms with E-state index in [0.717, 1.165) is 22.1 Å². The number of esters is 2. The van der Waals surface area contributed by atoms with Crippen LogP contribution in [0, 0.1) is 18.7 Å². The minimum atomic E-state index is -4.19. The van der Waals surface area contributed by atoms with Crippen LogP contribution in [-0.2, 0) is 78.2 Å². The number of aryl methyl sites for hydroxylation is 1. The number of ether oxygens (including phenoxy) is 2. The highest BCUT2D eigenvalue weighted by atomic mass is 32.2. The molecule has 1 saturated heterocycles. The Morgan fingerprint density at radius 3 is 2.05 bits per heavy atom. The molecule has 1 aliphatic carbocycles. The Labute approximate surface area is 654 Å². The number of rotatable bonds is 34. The van der Waals surface area contributed by atoms with Crippen LogP contribution in [0.15, 0.2) is 94.6 Å². The molecule has 0 bridgehead atoms. The Hall–Kier alpha value is -11.1. The zero-order chi connectivity index (χ0) is 81.9. The lowest BCUT2D eigenvalue weighted by atomic mass is 9.81. The molecule has 113 heavy (non-hydrogen) atoms. The van der Waals surface area contributed by atoms with E-state index in [0.29, 0.717) is 98.8 Å². The van der Waals surface area contributed by atoms with Crippen LogP contribution in [0.4, 0.5) is 41.5 Å². The summed E-state index contributed by atoms with van der Waals surface area (Å²) in [7, 11) is 5.26. The Morgan fingerprint density at radius 1 is 0.752 bits per heavy atom. The maximum atomic E-state index is 15.6. The third-order valence-electron chi connectivity index (χ3n) is 20.8. The van der Waals surface area contributed by atoms with Crippen molar-refractivity contribution in [1.29, 1.82) is 0 Å².